The van der Waals surface area contributed by atoms with Gasteiger partial charge in [-0.1, -0.05) is 39.1 Å². The van der Waals surface area contributed by atoms with Crippen molar-refractivity contribution < 1.29 is 14.7 Å². The summed E-state index contributed by atoms with van der Waals surface area (Å²) in [5.74, 6) is -1.04. The molecule has 0 aliphatic heterocycles. The summed E-state index contributed by atoms with van der Waals surface area (Å²) in [6.45, 7) is 0. The maximum Gasteiger partial charge on any atom is 0.329 e. The molecule has 8 heteroatoms. The SMILES string of the molecule is O=C(Nc1c(Cl)cc(Br)cc1Cl)NC1(C(=O)O)CCC1. The van der Waals surface area contributed by atoms with Crippen LogP contribution in [-0.4, -0.2) is 22.6 Å². The lowest BCUT2D eigenvalue weighted by molar-refractivity contribution is -0.148. The molecule has 0 atom stereocenters. The number of aliphatic carboxylic acids is 1. The second kappa shape index (κ2) is 5.79. The van der Waals surface area contributed by atoms with Crippen LogP contribution in [0.25, 0.3) is 0 Å². The van der Waals surface area contributed by atoms with Crippen LogP contribution in [0.4, 0.5) is 10.5 Å². The lowest BCUT2D eigenvalue weighted by Gasteiger charge is -2.38. The standard InChI is InChI=1S/C12H11BrCl2N2O3/c13-6-4-7(14)9(8(15)5-6)16-11(20)17-12(10(18)19)2-1-3-12/h4-5H,1-3H2,(H,18,19)(H2,16,17,20). The maximum atomic E-state index is 11.9. The zero-order chi connectivity index (χ0) is 14.9. The van der Waals surface area contributed by atoms with Crippen LogP contribution in [-0.2, 0) is 4.79 Å². The molecule has 1 fully saturated rings. The zero-order valence-electron chi connectivity index (χ0n) is 10.2. The number of carboxylic acids is 1. The molecule has 0 unspecified atom stereocenters. The van der Waals surface area contributed by atoms with E-state index in [1.54, 1.807) is 12.1 Å². The van der Waals surface area contributed by atoms with E-state index in [-0.39, 0.29) is 15.7 Å². The Labute approximate surface area is 133 Å². The van der Waals surface area contributed by atoms with Gasteiger partial charge in [-0.2, -0.15) is 0 Å². The third kappa shape index (κ3) is 3.02. The molecule has 0 bridgehead atoms. The van der Waals surface area contributed by atoms with Crippen molar-refractivity contribution in [3.8, 4) is 0 Å². The first-order valence-corrected chi connectivity index (χ1v) is 7.36. The van der Waals surface area contributed by atoms with E-state index in [2.05, 4.69) is 26.6 Å². The molecule has 0 spiro atoms. The van der Waals surface area contributed by atoms with Gasteiger partial charge >= 0.3 is 12.0 Å². The van der Waals surface area contributed by atoms with E-state index in [1.165, 1.54) is 0 Å². The highest BCUT2D eigenvalue weighted by atomic mass is 79.9. The second-order valence-electron chi connectivity index (χ2n) is 4.56. The van der Waals surface area contributed by atoms with Gasteiger partial charge in [-0.25, -0.2) is 9.59 Å². The van der Waals surface area contributed by atoms with Crippen molar-refractivity contribution in [2.45, 2.75) is 24.8 Å². The molecule has 5 nitrogen and oxygen atoms in total. The number of amides is 2. The molecule has 2 amide bonds. The Bertz CT molecular complexity index is 553. The van der Waals surface area contributed by atoms with E-state index in [4.69, 9.17) is 28.3 Å². The van der Waals surface area contributed by atoms with Crippen molar-refractivity contribution in [1.29, 1.82) is 0 Å². The Hall–Kier alpha value is -0.980. The van der Waals surface area contributed by atoms with Crippen molar-refractivity contribution in [3.05, 3.63) is 26.7 Å². The molecule has 1 aromatic carbocycles. The summed E-state index contributed by atoms with van der Waals surface area (Å²) in [6.07, 6.45) is 1.60. The Balaban J connectivity index is 2.11. The molecule has 1 aromatic rings. The van der Waals surface area contributed by atoms with Gasteiger partial charge in [0.1, 0.15) is 5.54 Å². The third-order valence-corrected chi connectivity index (χ3v) is 4.27. The van der Waals surface area contributed by atoms with Crippen molar-refractivity contribution in [2.24, 2.45) is 0 Å². The van der Waals surface area contributed by atoms with Crippen LogP contribution < -0.4 is 10.6 Å². The fraction of sp³-hybridized carbons (Fsp3) is 0.333. The van der Waals surface area contributed by atoms with Gasteiger partial charge < -0.3 is 15.7 Å². The quantitative estimate of drug-likeness (QED) is 0.743. The first-order valence-electron chi connectivity index (χ1n) is 5.81. The van der Waals surface area contributed by atoms with Crippen LogP contribution in [0, 0.1) is 0 Å². The van der Waals surface area contributed by atoms with Gasteiger partial charge in [0.15, 0.2) is 0 Å². The summed E-state index contributed by atoms with van der Waals surface area (Å²) < 4.78 is 0.680. The number of carbonyl (C=O) groups is 2. The van der Waals surface area contributed by atoms with Gasteiger partial charge in [-0.05, 0) is 31.4 Å². The molecule has 1 aliphatic rings. The topological polar surface area (TPSA) is 78.4 Å². The summed E-state index contributed by atoms with van der Waals surface area (Å²) in [6, 6.07) is 2.52. The lowest BCUT2D eigenvalue weighted by Crippen LogP contribution is -2.60. The predicted octanol–water partition coefficient (Wildman–Crippen LogP) is 3.88. The fourth-order valence-corrected chi connectivity index (χ4v) is 3.25. The van der Waals surface area contributed by atoms with Crippen molar-refractivity contribution in [3.63, 3.8) is 0 Å². The molecule has 0 saturated heterocycles. The highest BCUT2D eigenvalue weighted by Crippen LogP contribution is 2.35. The minimum atomic E-state index is -1.18. The summed E-state index contributed by atoms with van der Waals surface area (Å²) in [7, 11) is 0. The minimum Gasteiger partial charge on any atom is -0.480 e. The van der Waals surface area contributed by atoms with Crippen molar-refractivity contribution in [2.75, 3.05) is 5.32 Å². The molecule has 3 N–H and O–H groups in total. The lowest BCUT2D eigenvalue weighted by atomic mass is 9.77. The number of nitrogens with one attached hydrogen (secondary N) is 2. The number of hydrogen-bond acceptors (Lipinski definition) is 2. The van der Waals surface area contributed by atoms with Crippen LogP contribution in [0.1, 0.15) is 19.3 Å². The van der Waals surface area contributed by atoms with Gasteiger partial charge in [0.25, 0.3) is 0 Å². The average molecular weight is 382 g/mol. The number of hydrogen-bond donors (Lipinski definition) is 3. The summed E-state index contributed by atoms with van der Waals surface area (Å²) in [5.41, 5.74) is -0.938. The largest absolute Gasteiger partial charge is 0.480 e. The third-order valence-electron chi connectivity index (χ3n) is 3.21. The summed E-state index contributed by atoms with van der Waals surface area (Å²) >= 11 is 15.2. The first-order chi connectivity index (χ1) is 9.34. The summed E-state index contributed by atoms with van der Waals surface area (Å²) in [4.78, 5) is 23.1. The van der Waals surface area contributed by atoms with E-state index in [0.717, 1.165) is 6.42 Å². The van der Waals surface area contributed by atoms with Crippen LogP contribution >= 0.6 is 39.1 Å². The first kappa shape index (κ1) is 15.4. The highest BCUT2D eigenvalue weighted by Gasteiger charge is 2.45. The Morgan fingerprint density at radius 1 is 1.25 bits per heavy atom. The number of halogens is 3. The molecular formula is C12H11BrCl2N2O3. The van der Waals surface area contributed by atoms with Crippen LogP contribution in [0.3, 0.4) is 0 Å². The van der Waals surface area contributed by atoms with Gasteiger partial charge in [0.2, 0.25) is 0 Å². The van der Waals surface area contributed by atoms with Gasteiger partial charge in [-0.3, -0.25) is 0 Å². The molecule has 0 radical (unpaired) electrons. The van der Waals surface area contributed by atoms with Crippen molar-refractivity contribution in [1.82, 2.24) is 5.32 Å². The normalized spacial score (nSPS) is 16.1. The van der Waals surface area contributed by atoms with E-state index in [0.29, 0.717) is 17.3 Å². The Morgan fingerprint density at radius 3 is 2.20 bits per heavy atom. The molecule has 2 rings (SSSR count). The Kier molecular flexibility index (Phi) is 4.46. The van der Waals surface area contributed by atoms with Gasteiger partial charge in [0.05, 0.1) is 15.7 Å². The number of rotatable bonds is 3. The number of carbonyl (C=O) groups excluding carboxylic acids is 1. The van der Waals surface area contributed by atoms with E-state index < -0.39 is 17.5 Å². The number of urea groups is 1. The molecule has 1 aliphatic carbocycles. The van der Waals surface area contributed by atoms with E-state index >= 15 is 0 Å². The second-order valence-corrected chi connectivity index (χ2v) is 6.29. The molecule has 1 saturated carbocycles. The van der Waals surface area contributed by atoms with Crippen LogP contribution in [0.2, 0.25) is 10.0 Å². The smallest absolute Gasteiger partial charge is 0.329 e. The van der Waals surface area contributed by atoms with Crippen molar-refractivity contribution >= 4 is 56.8 Å². The number of anilines is 1. The fourth-order valence-electron chi connectivity index (χ4n) is 1.95. The molecular weight excluding hydrogens is 371 g/mol. The van der Waals surface area contributed by atoms with E-state index in [9.17, 15) is 9.59 Å². The molecule has 108 valence electrons. The van der Waals surface area contributed by atoms with Crippen LogP contribution in [0.15, 0.2) is 16.6 Å². The molecule has 0 aromatic heterocycles. The van der Waals surface area contributed by atoms with Gasteiger partial charge in [-0.15, -0.1) is 0 Å². The highest BCUT2D eigenvalue weighted by molar-refractivity contribution is 9.10. The maximum absolute atomic E-state index is 11.9. The molecule has 20 heavy (non-hydrogen) atoms. The minimum absolute atomic E-state index is 0.244. The zero-order valence-corrected chi connectivity index (χ0v) is 13.3. The molecule has 0 heterocycles. The van der Waals surface area contributed by atoms with E-state index in [1.807, 2.05) is 0 Å². The Morgan fingerprint density at radius 2 is 1.80 bits per heavy atom. The monoisotopic (exact) mass is 380 g/mol. The van der Waals surface area contributed by atoms with Crippen LogP contribution in [0.5, 0.6) is 0 Å². The number of benzene rings is 1. The predicted molar refractivity (Wildman–Crippen MR) is 80.5 cm³/mol. The average Bonchev–Trinajstić information content (AvgIpc) is 2.28. The summed E-state index contributed by atoms with van der Waals surface area (Å²) in [5, 5.41) is 14.6. The number of carboxylic acid groups (broad SMARTS) is 1. The van der Waals surface area contributed by atoms with Gasteiger partial charge in [0, 0.05) is 4.47 Å².